The van der Waals surface area contributed by atoms with E-state index in [2.05, 4.69) is 30.7 Å². The lowest BCUT2D eigenvalue weighted by molar-refractivity contribution is 0.276. The largest absolute Gasteiger partial charge is 0.394 e. The first-order chi connectivity index (χ1) is 20.4. The van der Waals surface area contributed by atoms with Crippen molar-refractivity contribution in [2.45, 2.75) is 25.9 Å². The predicted molar refractivity (Wildman–Crippen MR) is 159 cm³/mol. The summed E-state index contributed by atoms with van der Waals surface area (Å²) < 4.78 is 9.05. The first-order valence-electron chi connectivity index (χ1n) is 13.4. The molecule has 0 spiro atoms. The maximum atomic E-state index is 12.7. The molecular weight excluding hydrogens is 534 g/mol. The van der Waals surface area contributed by atoms with Crippen LogP contribution in [0.1, 0.15) is 31.5 Å². The van der Waals surface area contributed by atoms with Gasteiger partial charge in [-0.05, 0) is 43.7 Å². The smallest absolute Gasteiger partial charge is 0.275 e. The Kier molecular flexibility index (Phi) is 7.19. The molecule has 12 heteroatoms. The molecule has 12 nitrogen and oxygen atoms in total. The van der Waals surface area contributed by atoms with E-state index >= 15 is 0 Å². The van der Waals surface area contributed by atoms with Crippen LogP contribution in [-0.4, -0.2) is 46.2 Å². The van der Waals surface area contributed by atoms with Crippen LogP contribution in [0.4, 0.5) is 17.3 Å². The van der Waals surface area contributed by atoms with Gasteiger partial charge in [0.15, 0.2) is 5.65 Å². The Balaban J connectivity index is 1.39. The van der Waals surface area contributed by atoms with E-state index in [1.165, 1.54) is 0 Å². The van der Waals surface area contributed by atoms with Crippen LogP contribution in [-0.2, 0) is 7.05 Å². The molecule has 6 aromatic rings. The van der Waals surface area contributed by atoms with E-state index in [1.807, 2.05) is 54.9 Å². The SMILES string of the molecule is CC(C)n1c2nc(Nc3cc(N[C@H](CO)c4ccccc4)c(-c4nc(-c5cccnc5)no4)cn3)ccc2c(=O)n1C. The van der Waals surface area contributed by atoms with Crippen LogP contribution in [0.15, 0.2) is 88.6 Å². The Morgan fingerprint density at radius 3 is 2.57 bits per heavy atom. The molecule has 0 radical (unpaired) electrons. The second kappa shape index (κ2) is 11.3. The maximum absolute atomic E-state index is 12.7. The molecule has 0 saturated carbocycles. The van der Waals surface area contributed by atoms with Crippen LogP contribution in [0.3, 0.4) is 0 Å². The maximum Gasteiger partial charge on any atom is 0.275 e. The van der Waals surface area contributed by atoms with Crippen molar-refractivity contribution in [3.05, 3.63) is 95.2 Å². The van der Waals surface area contributed by atoms with Crippen LogP contribution in [0.5, 0.6) is 0 Å². The lowest BCUT2D eigenvalue weighted by Gasteiger charge is -2.20. The number of hydrogen-bond acceptors (Lipinski definition) is 10. The van der Waals surface area contributed by atoms with Crippen LogP contribution in [0.25, 0.3) is 33.9 Å². The van der Waals surface area contributed by atoms with Crippen molar-refractivity contribution in [1.82, 2.24) is 34.5 Å². The van der Waals surface area contributed by atoms with Crippen molar-refractivity contribution < 1.29 is 9.63 Å². The average Bonchev–Trinajstić information content (AvgIpc) is 3.60. The van der Waals surface area contributed by atoms with E-state index in [0.29, 0.717) is 45.3 Å². The number of nitrogens with zero attached hydrogens (tertiary/aromatic N) is 7. The summed E-state index contributed by atoms with van der Waals surface area (Å²) in [6.07, 6.45) is 4.95. The lowest BCUT2D eigenvalue weighted by Crippen LogP contribution is -2.20. The minimum absolute atomic E-state index is 0.0375. The summed E-state index contributed by atoms with van der Waals surface area (Å²) in [7, 11) is 1.73. The van der Waals surface area contributed by atoms with Gasteiger partial charge < -0.3 is 20.3 Å². The van der Waals surface area contributed by atoms with Crippen molar-refractivity contribution in [2.24, 2.45) is 7.05 Å². The summed E-state index contributed by atoms with van der Waals surface area (Å²) >= 11 is 0. The van der Waals surface area contributed by atoms with Gasteiger partial charge in [-0.1, -0.05) is 35.5 Å². The zero-order valence-corrected chi connectivity index (χ0v) is 23.3. The summed E-state index contributed by atoms with van der Waals surface area (Å²) in [5, 5.41) is 21.6. The van der Waals surface area contributed by atoms with Crippen molar-refractivity contribution >= 4 is 28.4 Å². The summed E-state index contributed by atoms with van der Waals surface area (Å²) in [4.78, 5) is 30.7. The highest BCUT2D eigenvalue weighted by molar-refractivity contribution is 5.79. The number of hydrogen-bond donors (Lipinski definition) is 3. The highest BCUT2D eigenvalue weighted by Crippen LogP contribution is 2.33. The predicted octanol–water partition coefficient (Wildman–Crippen LogP) is 4.71. The minimum Gasteiger partial charge on any atom is -0.394 e. The van der Waals surface area contributed by atoms with Crippen molar-refractivity contribution in [3.8, 4) is 22.8 Å². The van der Waals surface area contributed by atoms with E-state index in [9.17, 15) is 9.90 Å². The Hall–Kier alpha value is -5.36. The van der Waals surface area contributed by atoms with E-state index in [1.54, 1.807) is 54.6 Å². The molecule has 0 saturated heterocycles. The molecule has 5 heterocycles. The van der Waals surface area contributed by atoms with Gasteiger partial charge in [-0.25, -0.2) is 9.97 Å². The van der Waals surface area contributed by atoms with Gasteiger partial charge in [-0.2, -0.15) is 4.98 Å². The molecule has 0 fully saturated rings. The Morgan fingerprint density at radius 2 is 1.83 bits per heavy atom. The third kappa shape index (κ3) is 5.10. The topological polar surface area (TPSA) is 149 Å². The van der Waals surface area contributed by atoms with E-state index in [4.69, 9.17) is 9.51 Å². The number of anilines is 3. The van der Waals surface area contributed by atoms with Gasteiger partial charge in [-0.15, -0.1) is 0 Å². The van der Waals surface area contributed by atoms with E-state index in [0.717, 1.165) is 5.56 Å². The molecule has 1 atom stereocenters. The van der Waals surface area contributed by atoms with Gasteiger partial charge in [0.25, 0.3) is 11.4 Å². The highest BCUT2D eigenvalue weighted by Gasteiger charge is 2.20. The van der Waals surface area contributed by atoms with Gasteiger partial charge in [0, 0.05) is 43.3 Å². The summed E-state index contributed by atoms with van der Waals surface area (Å²) in [6, 6.07) is 18.2. The molecule has 0 aliphatic rings. The highest BCUT2D eigenvalue weighted by atomic mass is 16.5. The fourth-order valence-corrected chi connectivity index (χ4v) is 4.86. The second-order valence-electron chi connectivity index (χ2n) is 10.0. The first-order valence-corrected chi connectivity index (χ1v) is 13.4. The molecule has 212 valence electrons. The molecule has 0 amide bonds. The van der Waals surface area contributed by atoms with Crippen molar-refractivity contribution in [1.29, 1.82) is 0 Å². The fourth-order valence-electron chi connectivity index (χ4n) is 4.86. The van der Waals surface area contributed by atoms with Crippen molar-refractivity contribution in [3.63, 3.8) is 0 Å². The molecule has 1 aromatic carbocycles. The number of pyridine rings is 3. The Labute approximate surface area is 240 Å². The third-order valence-electron chi connectivity index (χ3n) is 6.88. The Bertz CT molecular complexity index is 1900. The third-order valence-corrected chi connectivity index (χ3v) is 6.88. The van der Waals surface area contributed by atoms with Gasteiger partial charge in [-0.3, -0.25) is 19.1 Å². The van der Waals surface area contributed by atoms with Crippen molar-refractivity contribution in [2.75, 3.05) is 17.2 Å². The summed E-state index contributed by atoms with van der Waals surface area (Å²) in [5.41, 5.74) is 3.26. The van der Waals surface area contributed by atoms with E-state index < -0.39 is 6.04 Å². The van der Waals surface area contributed by atoms with Gasteiger partial charge in [0.2, 0.25) is 5.82 Å². The monoisotopic (exact) mass is 563 g/mol. The molecular formula is C30H29N9O3. The molecule has 42 heavy (non-hydrogen) atoms. The van der Waals surface area contributed by atoms with E-state index in [-0.39, 0.29) is 24.1 Å². The number of nitrogens with one attached hydrogen (secondary N) is 2. The molecule has 0 aliphatic carbocycles. The summed E-state index contributed by atoms with van der Waals surface area (Å²) in [5.74, 6) is 1.65. The Morgan fingerprint density at radius 1 is 1.00 bits per heavy atom. The minimum atomic E-state index is -0.416. The van der Waals surface area contributed by atoms with Crippen LogP contribution < -0.4 is 16.2 Å². The van der Waals surface area contributed by atoms with Gasteiger partial charge >= 0.3 is 0 Å². The van der Waals surface area contributed by atoms with Gasteiger partial charge in [0.05, 0.1) is 29.3 Å². The normalized spacial score (nSPS) is 12.1. The van der Waals surface area contributed by atoms with Gasteiger partial charge in [0.1, 0.15) is 11.6 Å². The number of fused-ring (bicyclic) bond motifs is 1. The molecule has 6 rings (SSSR count). The molecule has 5 aromatic heterocycles. The second-order valence-corrected chi connectivity index (χ2v) is 10.0. The number of aliphatic hydroxyl groups excluding tert-OH is 1. The molecule has 0 aliphatic heterocycles. The van der Waals surface area contributed by atoms with Crippen LogP contribution >= 0.6 is 0 Å². The zero-order chi connectivity index (χ0) is 29.2. The van der Waals surface area contributed by atoms with Crippen LogP contribution in [0, 0.1) is 0 Å². The number of rotatable bonds is 9. The standard InChI is InChI=1S/C30H29N9O3/c1-18(2)39-28-21(30(41)38(39)3)11-12-25(35-28)34-26-14-23(33-24(17-40)19-8-5-4-6-9-19)22(16-32-26)29-36-27(37-42-29)20-10-7-13-31-15-20/h4-16,18,24,40H,17H2,1-3H3,(H2,32,33,34,35)/t24-/m1/s1. The molecule has 0 bridgehead atoms. The van der Waals surface area contributed by atoms with Crippen LogP contribution in [0.2, 0.25) is 0 Å². The fraction of sp³-hybridized carbons (Fsp3) is 0.200. The number of aromatic nitrogens is 7. The molecule has 3 N–H and O–H groups in total. The number of aliphatic hydroxyl groups is 1. The average molecular weight is 564 g/mol. The quantitative estimate of drug-likeness (QED) is 0.226. The molecule has 0 unspecified atom stereocenters. The number of benzene rings is 1. The first kappa shape index (κ1) is 26.8. The summed E-state index contributed by atoms with van der Waals surface area (Å²) in [6.45, 7) is 3.85. The lowest BCUT2D eigenvalue weighted by atomic mass is 10.1. The zero-order valence-electron chi connectivity index (χ0n) is 23.3.